The predicted molar refractivity (Wildman–Crippen MR) is 438 cm³/mol. The number of imidazole rings is 5. The SMILES string of the molecule is CC(C)CC(=O)Nc1nc2cccnc2n1C1CCC1.COC(C)(C)CC(=O)Nc1nc2ccc(C)nc2n1C1CCC1.COC(C)(C)CC(=O)Nc1nc2ccc(F)nc2n1C1CCC1.COCCn1c(NC(=O)Cc2cc(C)cc(F)c2)nc2ccc(Cl)nc21.Cc1ccc2nc(NC(=O)CC(C)(C)C)n(C3CCC3)c2n1. The molecule has 11 aromatic rings. The summed E-state index contributed by atoms with van der Waals surface area (Å²) in [6.45, 7) is 24.4. The van der Waals surface area contributed by atoms with Crippen molar-refractivity contribution in [1.29, 1.82) is 0 Å². The Morgan fingerprint density at radius 1 is 0.482 bits per heavy atom. The van der Waals surface area contributed by atoms with Crippen LogP contribution in [0.3, 0.4) is 0 Å². The number of carbonyl (C=O) groups is 5. The molecule has 28 nitrogen and oxygen atoms in total. The highest BCUT2D eigenvalue weighted by Gasteiger charge is 2.33. The molecular weight excluding hydrogens is 1480 g/mol. The van der Waals surface area contributed by atoms with Crippen LogP contribution in [-0.2, 0) is 51.1 Å². The fourth-order valence-electron chi connectivity index (χ4n) is 13.5. The average Bonchev–Trinajstić information content (AvgIpc) is 1.63. The van der Waals surface area contributed by atoms with E-state index >= 15 is 0 Å². The van der Waals surface area contributed by atoms with Crippen molar-refractivity contribution in [2.75, 3.05) is 54.5 Å². The van der Waals surface area contributed by atoms with E-state index in [1.54, 1.807) is 63.3 Å². The molecule has 608 valence electrons. The van der Waals surface area contributed by atoms with E-state index in [0.717, 1.165) is 108 Å². The van der Waals surface area contributed by atoms with Gasteiger partial charge in [0.2, 0.25) is 65.2 Å². The Morgan fingerprint density at radius 2 is 0.895 bits per heavy atom. The molecule has 10 aromatic heterocycles. The lowest BCUT2D eigenvalue weighted by atomic mass is 9.92. The van der Waals surface area contributed by atoms with Gasteiger partial charge in [0.25, 0.3) is 0 Å². The molecule has 114 heavy (non-hydrogen) atoms. The second-order valence-corrected chi connectivity index (χ2v) is 33.1. The first-order valence-corrected chi connectivity index (χ1v) is 39.6. The Morgan fingerprint density at radius 3 is 1.33 bits per heavy atom. The first kappa shape index (κ1) is 84.6. The van der Waals surface area contributed by atoms with Gasteiger partial charge in [0.15, 0.2) is 28.2 Å². The second kappa shape index (κ2) is 36.9. The van der Waals surface area contributed by atoms with E-state index in [-0.39, 0.29) is 66.1 Å². The van der Waals surface area contributed by atoms with Crippen LogP contribution in [0.5, 0.6) is 0 Å². The maximum Gasteiger partial charge on any atom is 0.231 e. The quantitative estimate of drug-likeness (QED) is 0.0371. The predicted octanol–water partition coefficient (Wildman–Crippen LogP) is 16.6. The zero-order valence-corrected chi connectivity index (χ0v) is 68.8. The van der Waals surface area contributed by atoms with Crippen molar-refractivity contribution in [3.8, 4) is 0 Å². The number of rotatable bonds is 23. The highest BCUT2D eigenvalue weighted by atomic mass is 35.5. The molecule has 4 aliphatic rings. The van der Waals surface area contributed by atoms with E-state index in [1.165, 1.54) is 37.5 Å². The van der Waals surface area contributed by atoms with Gasteiger partial charge < -0.3 is 14.2 Å². The number of hydrogen-bond donors (Lipinski definition) is 5. The number of ether oxygens (including phenoxy) is 3. The Balaban J connectivity index is 0.000000141. The van der Waals surface area contributed by atoms with Crippen molar-refractivity contribution in [3.05, 3.63) is 124 Å². The largest absolute Gasteiger partial charge is 0.383 e. The van der Waals surface area contributed by atoms with Crippen LogP contribution >= 0.6 is 11.6 Å². The molecule has 4 saturated carbocycles. The summed E-state index contributed by atoms with van der Waals surface area (Å²) in [4.78, 5) is 106. The van der Waals surface area contributed by atoms with Crippen molar-refractivity contribution < 1.29 is 47.0 Å². The molecule has 5 N–H and O–H groups in total. The van der Waals surface area contributed by atoms with Crippen molar-refractivity contribution in [2.45, 2.75) is 234 Å². The monoisotopic (exact) mass is 1580 g/mol. The van der Waals surface area contributed by atoms with E-state index in [2.05, 4.69) is 111 Å². The molecule has 0 radical (unpaired) electrons. The number of hydrogen-bond acceptors (Lipinski definition) is 18. The zero-order chi connectivity index (χ0) is 81.9. The molecule has 5 amide bonds. The lowest BCUT2D eigenvalue weighted by Gasteiger charge is -2.29. The number of pyridine rings is 5. The molecular formula is C83H107ClF2N20O8. The van der Waals surface area contributed by atoms with Gasteiger partial charge in [-0.05, 0) is 221 Å². The van der Waals surface area contributed by atoms with Crippen molar-refractivity contribution in [2.24, 2.45) is 11.3 Å². The van der Waals surface area contributed by atoms with Crippen LogP contribution in [0.4, 0.5) is 38.5 Å². The van der Waals surface area contributed by atoms with E-state index in [4.69, 9.17) is 25.8 Å². The minimum atomic E-state index is -0.554. The van der Waals surface area contributed by atoms with Crippen molar-refractivity contribution in [1.82, 2.24) is 72.7 Å². The number of benzene rings is 1. The number of aryl methyl sites for hydroxylation is 3. The van der Waals surface area contributed by atoms with Gasteiger partial charge in [-0.2, -0.15) is 9.37 Å². The van der Waals surface area contributed by atoms with Crippen LogP contribution in [0.15, 0.2) is 85.1 Å². The highest BCUT2D eigenvalue weighted by molar-refractivity contribution is 6.29. The number of methoxy groups -OCH3 is 3. The Bertz CT molecular complexity index is 5110. The van der Waals surface area contributed by atoms with Crippen molar-refractivity contribution >= 4 is 127 Å². The third kappa shape index (κ3) is 21.8. The summed E-state index contributed by atoms with van der Waals surface area (Å²) in [5.74, 6) is 1.57. The average molecular weight is 1590 g/mol. The fraction of sp³-hybridized carbons (Fsp3) is 0.506. The summed E-state index contributed by atoms with van der Waals surface area (Å²) in [5, 5.41) is 14.8. The van der Waals surface area contributed by atoms with E-state index in [9.17, 15) is 32.8 Å². The summed E-state index contributed by atoms with van der Waals surface area (Å²) in [7, 11) is 4.78. The molecule has 0 aliphatic heterocycles. The minimum absolute atomic E-state index is 0.0140. The smallest absolute Gasteiger partial charge is 0.231 e. The maximum atomic E-state index is 13.5. The third-order valence-electron chi connectivity index (χ3n) is 20.4. The van der Waals surface area contributed by atoms with Gasteiger partial charge in [0, 0.05) is 75.9 Å². The van der Waals surface area contributed by atoms with Crippen LogP contribution < -0.4 is 26.6 Å². The number of aromatic nitrogens is 15. The van der Waals surface area contributed by atoms with Gasteiger partial charge >= 0.3 is 0 Å². The Labute approximate surface area is 667 Å². The standard InChI is InChI=1S/C18H18ClFN4O2.C17H24N4O2.C17H24N4O.C16H21FN4O2.C15H20N4O/c1-11-7-12(9-13(20)8-11)10-16(25)23-18-21-14-3-4-15(19)22-17(14)24(18)5-6-26-2;1-11-8-9-13-15(18-11)21(12-6-5-7-12)16(19-13)20-14(22)10-17(2,3)23-4;1-11-8-9-13-15(18-11)21(12-6-5-7-12)16(19-13)20-14(22)10-17(2,3)4;1-16(2,23-3)9-13(22)20-15-18-11-7-8-12(17)19-14(11)21(15)10-5-4-6-10;1-10(2)9-13(20)18-15-17-12-7-4-8-16-14(12)19(15)11-5-3-6-11/h3-4,7-9H,5-6,10H2,1-2H3,(H,21,23,25);8-9,12H,5-7,10H2,1-4H3,(H,19,20,22);8-9,12H,5-7,10H2,1-4H3,(H,19,20,22);7-8,10H,4-6,9H2,1-3H3,(H,18,20,22);4,7-8,10-11H,3,5-6,9H2,1-2H3,(H,17,18,20). The van der Waals surface area contributed by atoms with Crippen LogP contribution in [0, 0.1) is 43.9 Å². The summed E-state index contributed by atoms with van der Waals surface area (Å²) < 4.78 is 52.6. The summed E-state index contributed by atoms with van der Waals surface area (Å²) in [6.07, 6.45) is 16.8. The molecule has 15 rings (SSSR count). The van der Waals surface area contributed by atoms with Crippen LogP contribution in [0.1, 0.15) is 212 Å². The number of amides is 5. The molecule has 0 unspecified atom stereocenters. The Hall–Kier alpha value is -10.3. The van der Waals surface area contributed by atoms with Gasteiger partial charge in [0.05, 0.1) is 43.6 Å². The maximum absolute atomic E-state index is 13.5. The molecule has 0 saturated heterocycles. The number of halogens is 3. The minimum Gasteiger partial charge on any atom is -0.383 e. The zero-order valence-electron chi connectivity index (χ0n) is 68.0. The number of anilines is 5. The highest BCUT2D eigenvalue weighted by Crippen LogP contribution is 2.41. The number of nitrogens with one attached hydrogen (secondary N) is 5. The van der Waals surface area contributed by atoms with E-state index < -0.39 is 17.1 Å². The van der Waals surface area contributed by atoms with Gasteiger partial charge in [-0.25, -0.2) is 49.2 Å². The lowest BCUT2D eigenvalue weighted by molar-refractivity contribution is -0.122. The van der Waals surface area contributed by atoms with Gasteiger partial charge in [-0.3, -0.25) is 73.4 Å². The molecule has 1 aromatic carbocycles. The molecule has 4 aliphatic carbocycles. The molecule has 10 heterocycles. The normalized spacial score (nSPS) is 14.6. The van der Waals surface area contributed by atoms with Gasteiger partial charge in [-0.15, -0.1) is 0 Å². The molecule has 0 spiro atoms. The summed E-state index contributed by atoms with van der Waals surface area (Å²) in [6, 6.07) is 23.8. The number of fused-ring (bicyclic) bond motifs is 5. The van der Waals surface area contributed by atoms with Crippen molar-refractivity contribution in [3.63, 3.8) is 0 Å². The molecule has 31 heteroatoms. The van der Waals surface area contributed by atoms with Crippen LogP contribution in [-0.4, -0.2) is 141 Å². The summed E-state index contributed by atoms with van der Waals surface area (Å²) in [5.41, 5.74) is 9.58. The molecule has 0 atom stereocenters. The Kier molecular flexibility index (Phi) is 27.4. The second-order valence-electron chi connectivity index (χ2n) is 32.7. The summed E-state index contributed by atoms with van der Waals surface area (Å²) >= 11 is 5.97. The number of carbonyl (C=O) groups excluding carboxylic acids is 5. The van der Waals surface area contributed by atoms with Gasteiger partial charge in [0.1, 0.15) is 38.6 Å². The van der Waals surface area contributed by atoms with Crippen LogP contribution in [0.2, 0.25) is 5.15 Å². The van der Waals surface area contributed by atoms with E-state index in [0.29, 0.717) is 113 Å². The molecule has 0 bridgehead atoms. The topological polar surface area (TPSA) is 327 Å². The first-order chi connectivity index (χ1) is 54.2. The van der Waals surface area contributed by atoms with Gasteiger partial charge in [-0.1, -0.05) is 52.3 Å². The molecule has 4 fully saturated rings. The lowest BCUT2D eigenvalue weighted by Crippen LogP contribution is -2.30. The number of nitrogens with zero attached hydrogens (tertiary/aromatic N) is 15. The van der Waals surface area contributed by atoms with E-state index in [1.807, 2.05) is 96.4 Å². The fourth-order valence-corrected chi connectivity index (χ4v) is 13.7. The third-order valence-corrected chi connectivity index (χ3v) is 20.6. The van der Waals surface area contributed by atoms with Crippen LogP contribution in [0.25, 0.3) is 55.8 Å². The first-order valence-electron chi connectivity index (χ1n) is 39.2.